The number of rotatable bonds is 5. The van der Waals surface area contributed by atoms with Gasteiger partial charge in [0.1, 0.15) is 12.4 Å². The van der Waals surface area contributed by atoms with E-state index in [-0.39, 0.29) is 18.0 Å². The molecular weight excluding hydrogens is 224 g/mol. The Hall–Kier alpha value is -1.47. The molecule has 0 bridgehead atoms. The van der Waals surface area contributed by atoms with Gasteiger partial charge in [-0.15, -0.1) is 0 Å². The van der Waals surface area contributed by atoms with Gasteiger partial charge in [-0.1, -0.05) is 4.98 Å². The highest BCUT2D eigenvalue weighted by molar-refractivity contribution is 5.06. The minimum Gasteiger partial charge on any atom is -0.390 e. The molecule has 0 aliphatic rings. The van der Waals surface area contributed by atoms with Crippen molar-refractivity contribution in [3.05, 3.63) is 22.5 Å². The summed E-state index contributed by atoms with van der Waals surface area (Å²) in [6.45, 7) is 6.48. The van der Waals surface area contributed by atoms with Gasteiger partial charge in [0.05, 0.1) is 12.6 Å². The van der Waals surface area contributed by atoms with Crippen molar-refractivity contribution in [1.29, 1.82) is 0 Å². The van der Waals surface area contributed by atoms with Crippen LogP contribution in [0.3, 0.4) is 0 Å². The van der Waals surface area contributed by atoms with E-state index in [0.717, 1.165) is 0 Å². The molecule has 1 rings (SSSR count). The Morgan fingerprint density at radius 3 is 2.82 bits per heavy atom. The molecule has 1 heterocycles. The van der Waals surface area contributed by atoms with E-state index in [1.807, 2.05) is 20.8 Å². The molecule has 0 radical (unpaired) electrons. The number of β-amino-alcohol motifs (C(OH)–C–C–N with tert-alkyl or cyclic N) is 1. The van der Waals surface area contributed by atoms with Crippen molar-refractivity contribution in [2.24, 2.45) is 0 Å². The molecule has 0 saturated heterocycles. The highest BCUT2D eigenvalue weighted by Crippen LogP contribution is 2.08. The summed E-state index contributed by atoms with van der Waals surface area (Å²) in [6, 6.07) is 0. The number of aromatic nitrogens is 2. The van der Waals surface area contributed by atoms with Crippen molar-refractivity contribution >= 4 is 5.95 Å². The predicted molar refractivity (Wildman–Crippen MR) is 62.6 cm³/mol. The number of imidazole rings is 1. The second kappa shape index (κ2) is 5.24. The van der Waals surface area contributed by atoms with E-state index >= 15 is 0 Å². The average Bonchev–Trinajstić information content (AvgIpc) is 2.62. The van der Waals surface area contributed by atoms with Crippen molar-refractivity contribution in [1.82, 2.24) is 14.9 Å². The van der Waals surface area contributed by atoms with Crippen LogP contribution in [-0.2, 0) is 6.54 Å². The fraction of sp³-hybridized carbons (Fsp3) is 0.700. The standard InChI is InChI=1S/C10H18N4O3/c1-10(2,3)12-6-8(15)7-13-5-4-11-9(13)14(16)17/h4-5,8,12,15H,6-7H2,1-3H3. The zero-order valence-corrected chi connectivity index (χ0v) is 10.3. The normalized spacial score (nSPS) is 13.6. The van der Waals surface area contributed by atoms with E-state index in [1.54, 1.807) is 0 Å². The fourth-order valence-corrected chi connectivity index (χ4v) is 1.33. The zero-order chi connectivity index (χ0) is 13.1. The van der Waals surface area contributed by atoms with Gasteiger partial charge in [0, 0.05) is 12.1 Å². The number of hydrogen-bond acceptors (Lipinski definition) is 5. The lowest BCUT2D eigenvalue weighted by molar-refractivity contribution is -0.397. The second-order valence-electron chi connectivity index (χ2n) is 4.92. The quantitative estimate of drug-likeness (QED) is 0.580. The van der Waals surface area contributed by atoms with E-state index in [1.165, 1.54) is 17.0 Å². The van der Waals surface area contributed by atoms with Crippen LogP contribution in [0.25, 0.3) is 0 Å². The Morgan fingerprint density at radius 1 is 1.65 bits per heavy atom. The molecule has 17 heavy (non-hydrogen) atoms. The maximum absolute atomic E-state index is 10.6. The molecule has 2 N–H and O–H groups in total. The summed E-state index contributed by atoms with van der Waals surface area (Å²) in [7, 11) is 0. The van der Waals surface area contributed by atoms with E-state index in [9.17, 15) is 15.2 Å². The maximum atomic E-state index is 10.6. The number of nitro groups is 1. The van der Waals surface area contributed by atoms with Crippen molar-refractivity contribution < 1.29 is 10.0 Å². The zero-order valence-electron chi connectivity index (χ0n) is 10.3. The summed E-state index contributed by atoms with van der Waals surface area (Å²) >= 11 is 0. The third kappa shape index (κ3) is 4.49. The van der Waals surface area contributed by atoms with Gasteiger partial charge in [0.2, 0.25) is 0 Å². The smallest absolute Gasteiger partial charge is 0.390 e. The van der Waals surface area contributed by atoms with Crippen molar-refractivity contribution in [2.75, 3.05) is 6.54 Å². The molecule has 96 valence electrons. The monoisotopic (exact) mass is 242 g/mol. The topological polar surface area (TPSA) is 93.2 Å². The van der Waals surface area contributed by atoms with E-state index in [2.05, 4.69) is 10.3 Å². The molecule has 0 aliphatic heterocycles. The molecule has 0 saturated carbocycles. The Balaban J connectivity index is 2.53. The van der Waals surface area contributed by atoms with Crippen molar-refractivity contribution in [2.45, 2.75) is 39.0 Å². The molecular formula is C10H18N4O3. The fourth-order valence-electron chi connectivity index (χ4n) is 1.33. The van der Waals surface area contributed by atoms with Crippen LogP contribution in [0.4, 0.5) is 5.95 Å². The average molecular weight is 242 g/mol. The van der Waals surface area contributed by atoms with E-state index in [0.29, 0.717) is 6.54 Å². The molecule has 1 unspecified atom stereocenters. The molecule has 1 aromatic heterocycles. The molecule has 0 amide bonds. The Morgan fingerprint density at radius 2 is 2.29 bits per heavy atom. The molecule has 0 aliphatic carbocycles. The van der Waals surface area contributed by atoms with Gasteiger partial charge in [0.15, 0.2) is 0 Å². The minimum absolute atomic E-state index is 0.0954. The van der Waals surface area contributed by atoms with E-state index in [4.69, 9.17) is 0 Å². The van der Waals surface area contributed by atoms with Gasteiger partial charge in [0.25, 0.3) is 0 Å². The number of nitrogens with zero attached hydrogens (tertiary/aromatic N) is 3. The summed E-state index contributed by atoms with van der Waals surface area (Å²) in [6.07, 6.45) is 2.14. The van der Waals surface area contributed by atoms with Gasteiger partial charge in [-0.2, -0.15) is 0 Å². The van der Waals surface area contributed by atoms with Crippen molar-refractivity contribution in [3.8, 4) is 0 Å². The van der Waals surface area contributed by atoms with Gasteiger partial charge in [-0.25, -0.2) is 4.57 Å². The Labute approximate surface area is 99.6 Å². The lowest BCUT2D eigenvalue weighted by Gasteiger charge is -2.22. The van der Waals surface area contributed by atoms with Crippen LogP contribution >= 0.6 is 0 Å². The summed E-state index contributed by atoms with van der Waals surface area (Å²) in [5, 5.41) is 23.5. The highest BCUT2D eigenvalue weighted by Gasteiger charge is 2.18. The first-order valence-corrected chi connectivity index (χ1v) is 5.38. The first-order chi connectivity index (χ1) is 7.79. The molecule has 7 nitrogen and oxygen atoms in total. The lowest BCUT2D eigenvalue weighted by atomic mass is 10.1. The minimum atomic E-state index is -0.692. The lowest BCUT2D eigenvalue weighted by Crippen LogP contribution is -2.42. The van der Waals surface area contributed by atoms with Crippen LogP contribution in [0.5, 0.6) is 0 Å². The predicted octanol–water partition coefficient (Wildman–Crippen LogP) is 0.540. The highest BCUT2D eigenvalue weighted by atomic mass is 16.6. The van der Waals surface area contributed by atoms with Crippen LogP contribution in [-0.4, -0.2) is 37.8 Å². The van der Waals surface area contributed by atoms with Gasteiger partial charge in [-0.05, 0) is 25.7 Å². The molecule has 0 aromatic carbocycles. The van der Waals surface area contributed by atoms with Crippen LogP contribution < -0.4 is 5.32 Å². The molecule has 1 atom stereocenters. The third-order valence-corrected chi connectivity index (χ3v) is 2.13. The SMILES string of the molecule is CC(C)(C)NCC(O)Cn1ccnc1[N+](=O)[O-]. The van der Waals surface area contributed by atoms with E-state index < -0.39 is 11.0 Å². The number of aliphatic hydroxyl groups is 1. The van der Waals surface area contributed by atoms with Gasteiger partial charge in [-0.3, -0.25) is 0 Å². The number of hydrogen-bond donors (Lipinski definition) is 2. The van der Waals surface area contributed by atoms with Gasteiger partial charge >= 0.3 is 5.95 Å². The summed E-state index contributed by atoms with van der Waals surface area (Å²) in [5.74, 6) is -0.250. The first kappa shape index (κ1) is 13.6. The summed E-state index contributed by atoms with van der Waals surface area (Å²) < 4.78 is 1.33. The molecule has 7 heteroatoms. The van der Waals surface area contributed by atoms with Gasteiger partial charge < -0.3 is 20.5 Å². The largest absolute Gasteiger partial charge is 0.434 e. The molecule has 1 aromatic rings. The second-order valence-corrected chi connectivity index (χ2v) is 4.92. The third-order valence-electron chi connectivity index (χ3n) is 2.13. The molecule has 0 fully saturated rings. The summed E-state index contributed by atoms with van der Waals surface area (Å²) in [5.41, 5.74) is -0.0954. The summed E-state index contributed by atoms with van der Waals surface area (Å²) in [4.78, 5) is 13.7. The van der Waals surface area contributed by atoms with Crippen molar-refractivity contribution in [3.63, 3.8) is 0 Å². The number of nitrogens with one attached hydrogen (secondary N) is 1. The van der Waals surface area contributed by atoms with Crippen LogP contribution in [0.1, 0.15) is 20.8 Å². The maximum Gasteiger partial charge on any atom is 0.434 e. The Bertz CT molecular complexity index is 383. The van der Waals surface area contributed by atoms with Crippen LogP contribution in [0.15, 0.2) is 12.4 Å². The Kier molecular flexibility index (Phi) is 4.19. The number of aliphatic hydroxyl groups excluding tert-OH is 1. The molecule has 0 spiro atoms. The first-order valence-electron chi connectivity index (χ1n) is 5.38. The van der Waals surface area contributed by atoms with Crippen LogP contribution in [0.2, 0.25) is 0 Å². The van der Waals surface area contributed by atoms with Crippen LogP contribution in [0, 0.1) is 10.1 Å².